The Labute approximate surface area is 129 Å². The molecular weight excluding hydrogens is 278 g/mol. The molecule has 5 nitrogen and oxygen atoms in total. The predicted octanol–water partition coefficient (Wildman–Crippen LogP) is 1.99. The second kappa shape index (κ2) is 6.17. The molecule has 3 rings (SSSR count). The molecule has 1 fully saturated rings. The second-order valence-corrected chi connectivity index (χ2v) is 5.47. The number of likely N-dealkylation sites (N-methyl/N-ethyl adjacent to an activating group) is 1. The molecule has 5 heteroatoms. The summed E-state index contributed by atoms with van der Waals surface area (Å²) in [7, 11) is 2.01. The summed E-state index contributed by atoms with van der Waals surface area (Å²) in [5.41, 5.74) is 10.9. The number of benzene rings is 2. The van der Waals surface area contributed by atoms with E-state index in [9.17, 15) is 4.79 Å². The van der Waals surface area contributed by atoms with Gasteiger partial charge in [0, 0.05) is 17.8 Å². The summed E-state index contributed by atoms with van der Waals surface area (Å²) in [6.07, 6.45) is -0.109. The Morgan fingerprint density at radius 1 is 1.18 bits per heavy atom. The van der Waals surface area contributed by atoms with Crippen LogP contribution in [-0.4, -0.2) is 30.5 Å². The molecule has 1 aliphatic rings. The van der Waals surface area contributed by atoms with Gasteiger partial charge in [0.2, 0.25) is 0 Å². The Hall–Kier alpha value is -2.37. The van der Waals surface area contributed by atoms with Gasteiger partial charge in [-0.3, -0.25) is 14.5 Å². The number of anilines is 1. The van der Waals surface area contributed by atoms with E-state index in [0.717, 1.165) is 17.8 Å². The van der Waals surface area contributed by atoms with E-state index in [0.29, 0.717) is 5.56 Å². The lowest BCUT2D eigenvalue weighted by atomic mass is 9.91. The number of nitrogens with one attached hydrogen (secondary N) is 1. The van der Waals surface area contributed by atoms with E-state index in [4.69, 9.17) is 10.6 Å². The first-order chi connectivity index (χ1) is 10.7. The number of amides is 1. The van der Waals surface area contributed by atoms with Crippen molar-refractivity contribution in [2.45, 2.75) is 12.1 Å². The molecule has 2 atom stereocenters. The maximum atomic E-state index is 12.0. The molecule has 0 saturated carbocycles. The molecule has 2 aromatic carbocycles. The molecule has 0 aliphatic carbocycles. The van der Waals surface area contributed by atoms with Gasteiger partial charge in [-0.25, -0.2) is 5.48 Å². The zero-order chi connectivity index (χ0) is 15.5. The molecule has 22 heavy (non-hydrogen) atoms. The third kappa shape index (κ3) is 2.81. The van der Waals surface area contributed by atoms with Gasteiger partial charge in [-0.05, 0) is 30.8 Å². The van der Waals surface area contributed by atoms with Crippen LogP contribution in [0.5, 0.6) is 0 Å². The van der Waals surface area contributed by atoms with E-state index in [1.165, 1.54) is 0 Å². The van der Waals surface area contributed by atoms with Crippen LogP contribution < -0.4 is 11.2 Å². The third-order valence-electron chi connectivity index (χ3n) is 3.95. The molecule has 3 N–H and O–H groups in total. The summed E-state index contributed by atoms with van der Waals surface area (Å²) in [5, 5.41) is 0. The van der Waals surface area contributed by atoms with Crippen molar-refractivity contribution in [1.82, 2.24) is 10.4 Å². The molecule has 2 unspecified atom stereocenters. The lowest BCUT2D eigenvalue weighted by molar-refractivity contribution is -0.124. The highest BCUT2D eigenvalue weighted by Crippen LogP contribution is 2.36. The first-order valence-electron chi connectivity index (χ1n) is 7.22. The summed E-state index contributed by atoms with van der Waals surface area (Å²) >= 11 is 0. The van der Waals surface area contributed by atoms with Gasteiger partial charge in [-0.1, -0.05) is 36.4 Å². The van der Waals surface area contributed by atoms with Crippen molar-refractivity contribution in [3.8, 4) is 0 Å². The smallest absolute Gasteiger partial charge is 0.274 e. The fourth-order valence-electron chi connectivity index (χ4n) is 2.74. The van der Waals surface area contributed by atoms with Crippen LogP contribution in [0.2, 0.25) is 0 Å². The van der Waals surface area contributed by atoms with Gasteiger partial charge in [0.25, 0.3) is 5.91 Å². The van der Waals surface area contributed by atoms with E-state index in [1.807, 2.05) is 49.5 Å². The number of rotatable bonds is 4. The van der Waals surface area contributed by atoms with Crippen molar-refractivity contribution >= 4 is 11.6 Å². The minimum Gasteiger partial charge on any atom is -0.398 e. The normalized spacial score (nSPS) is 21.1. The molecule has 114 valence electrons. The number of carbonyl (C=O) groups excluding carboxylic acids is 1. The first-order valence-corrected chi connectivity index (χ1v) is 7.22. The standard InChI is InChI=1S/C17H19N3O2/c1-20-11-15(16(20)13-9-5-6-10-14(13)18)22-19-17(21)12-7-3-2-4-8-12/h2-10,15-16H,11,18H2,1H3,(H,19,21). The SMILES string of the molecule is CN1CC(ONC(=O)c2ccccc2)C1c1ccccc1N. The van der Waals surface area contributed by atoms with Gasteiger partial charge < -0.3 is 5.73 Å². The van der Waals surface area contributed by atoms with Crippen LogP contribution in [0, 0.1) is 0 Å². The van der Waals surface area contributed by atoms with E-state index in [1.54, 1.807) is 12.1 Å². The van der Waals surface area contributed by atoms with Gasteiger partial charge in [0.05, 0.1) is 6.04 Å². The molecule has 1 saturated heterocycles. The molecule has 0 aromatic heterocycles. The Morgan fingerprint density at radius 2 is 1.86 bits per heavy atom. The van der Waals surface area contributed by atoms with Crippen molar-refractivity contribution in [3.05, 3.63) is 65.7 Å². The topological polar surface area (TPSA) is 67.6 Å². The van der Waals surface area contributed by atoms with Crippen LogP contribution in [0.25, 0.3) is 0 Å². The molecule has 2 aromatic rings. The zero-order valence-corrected chi connectivity index (χ0v) is 12.4. The molecule has 1 heterocycles. The highest BCUT2D eigenvalue weighted by Gasteiger charge is 2.40. The summed E-state index contributed by atoms with van der Waals surface area (Å²) in [5.74, 6) is -0.241. The molecule has 1 aliphatic heterocycles. The first kappa shape index (κ1) is 14.6. The van der Waals surface area contributed by atoms with Crippen LogP contribution in [-0.2, 0) is 4.84 Å². The molecule has 0 spiro atoms. The van der Waals surface area contributed by atoms with Crippen LogP contribution >= 0.6 is 0 Å². The second-order valence-electron chi connectivity index (χ2n) is 5.47. The van der Waals surface area contributed by atoms with Crippen LogP contribution in [0.15, 0.2) is 54.6 Å². The van der Waals surface area contributed by atoms with E-state index < -0.39 is 0 Å². The van der Waals surface area contributed by atoms with Crippen molar-refractivity contribution in [2.24, 2.45) is 0 Å². The van der Waals surface area contributed by atoms with Crippen LogP contribution in [0.4, 0.5) is 5.69 Å². The van der Waals surface area contributed by atoms with Crippen LogP contribution in [0.1, 0.15) is 22.0 Å². The number of likely N-dealkylation sites (tertiary alicyclic amines) is 1. The summed E-state index contributed by atoms with van der Waals surface area (Å²) < 4.78 is 0. The highest BCUT2D eigenvalue weighted by atomic mass is 16.7. The van der Waals surface area contributed by atoms with E-state index in [-0.39, 0.29) is 18.1 Å². The highest BCUT2D eigenvalue weighted by molar-refractivity contribution is 5.93. The fourth-order valence-corrected chi connectivity index (χ4v) is 2.74. The summed E-state index contributed by atoms with van der Waals surface area (Å²) in [4.78, 5) is 19.7. The van der Waals surface area contributed by atoms with Crippen LogP contribution in [0.3, 0.4) is 0 Å². The quantitative estimate of drug-likeness (QED) is 0.669. The van der Waals surface area contributed by atoms with Crippen molar-refractivity contribution in [1.29, 1.82) is 0 Å². The Balaban J connectivity index is 1.64. The maximum absolute atomic E-state index is 12.0. The zero-order valence-electron chi connectivity index (χ0n) is 12.4. The lowest BCUT2D eigenvalue weighted by Gasteiger charge is -2.45. The third-order valence-corrected chi connectivity index (χ3v) is 3.95. The van der Waals surface area contributed by atoms with Crippen molar-refractivity contribution in [2.75, 3.05) is 19.3 Å². The monoisotopic (exact) mass is 297 g/mol. The Bertz CT molecular complexity index is 660. The van der Waals surface area contributed by atoms with Gasteiger partial charge in [-0.2, -0.15) is 0 Å². The van der Waals surface area contributed by atoms with Crippen molar-refractivity contribution in [3.63, 3.8) is 0 Å². The fraction of sp³-hybridized carbons (Fsp3) is 0.235. The summed E-state index contributed by atoms with van der Waals surface area (Å²) in [6, 6.07) is 16.8. The van der Waals surface area contributed by atoms with E-state index >= 15 is 0 Å². The van der Waals surface area contributed by atoms with Gasteiger partial charge in [0.15, 0.2) is 0 Å². The van der Waals surface area contributed by atoms with Gasteiger partial charge in [0.1, 0.15) is 6.10 Å². The number of hydroxylamine groups is 1. The average molecular weight is 297 g/mol. The number of carbonyl (C=O) groups is 1. The van der Waals surface area contributed by atoms with Gasteiger partial charge in [-0.15, -0.1) is 0 Å². The van der Waals surface area contributed by atoms with Crippen molar-refractivity contribution < 1.29 is 9.63 Å². The number of nitrogens with zero attached hydrogens (tertiary/aromatic N) is 1. The molecule has 0 bridgehead atoms. The maximum Gasteiger partial charge on any atom is 0.274 e. The van der Waals surface area contributed by atoms with E-state index in [2.05, 4.69) is 10.4 Å². The minimum absolute atomic E-state index is 0.0530. The number of hydrogen-bond acceptors (Lipinski definition) is 4. The molecule has 0 radical (unpaired) electrons. The van der Waals surface area contributed by atoms with Gasteiger partial charge >= 0.3 is 0 Å². The Morgan fingerprint density at radius 3 is 2.55 bits per heavy atom. The average Bonchev–Trinajstić information content (AvgIpc) is 2.54. The lowest BCUT2D eigenvalue weighted by Crippen LogP contribution is -2.55. The number of hydrogen-bond donors (Lipinski definition) is 2. The number of nitrogens with two attached hydrogens (primary N) is 1. The molecular formula is C17H19N3O2. The summed E-state index contributed by atoms with van der Waals surface area (Å²) in [6.45, 7) is 0.744. The molecule has 1 amide bonds. The predicted molar refractivity (Wildman–Crippen MR) is 85.0 cm³/mol. The Kier molecular flexibility index (Phi) is 4.09. The number of para-hydroxylation sites is 1. The largest absolute Gasteiger partial charge is 0.398 e. The minimum atomic E-state index is -0.241. The number of nitrogen functional groups attached to an aromatic ring is 1.